The molecule has 426 valence electrons. The number of anilines is 6. The summed E-state index contributed by atoms with van der Waals surface area (Å²) in [5.41, 5.74) is 4.01. The first kappa shape index (κ1) is 57.2. The number of carbonyl (C=O) groups excluding carboxylic acids is 2. The van der Waals surface area contributed by atoms with Gasteiger partial charge in [0, 0.05) is 147 Å². The van der Waals surface area contributed by atoms with Crippen LogP contribution in [0.1, 0.15) is 63.8 Å². The second kappa shape index (κ2) is 24.9. The molecule has 2 aromatic carbocycles. The number of piperazine rings is 2. The topological polar surface area (TPSA) is 238 Å². The lowest BCUT2D eigenvalue weighted by atomic mass is 10.0. The molecule has 0 aliphatic carbocycles. The Kier molecular flexibility index (Phi) is 17.6. The quantitative estimate of drug-likeness (QED) is 0.0504. The lowest BCUT2D eigenvalue weighted by Gasteiger charge is -2.34. The number of aromatic amines is 1. The average Bonchev–Trinajstić information content (AvgIpc) is 4.23. The molecule has 5 N–H and O–H groups in total. The zero-order chi connectivity index (χ0) is 57.4. The number of pyridine rings is 2. The van der Waals surface area contributed by atoms with Gasteiger partial charge in [-0.15, -0.1) is 0 Å². The largest absolute Gasteiger partial charge is 0.424 e. The number of fused-ring (bicyclic) bond motifs is 2. The summed E-state index contributed by atoms with van der Waals surface area (Å²) in [4.78, 5) is 69.1. The molecule has 8 heterocycles. The Bertz CT molecular complexity index is 3500. The van der Waals surface area contributed by atoms with Crippen LogP contribution in [0.15, 0.2) is 85.5 Å². The zero-order valence-corrected chi connectivity index (χ0v) is 46.0. The van der Waals surface area contributed by atoms with E-state index in [1.54, 1.807) is 60.1 Å². The molecule has 2 amide bonds. The van der Waals surface area contributed by atoms with Crippen molar-refractivity contribution in [3.05, 3.63) is 108 Å². The number of amides is 2. The minimum absolute atomic E-state index is 0.00866. The van der Waals surface area contributed by atoms with Gasteiger partial charge in [0.25, 0.3) is 11.8 Å². The second-order valence-corrected chi connectivity index (χ2v) is 19.8. The molecule has 2 aliphatic heterocycles. The highest BCUT2D eigenvalue weighted by Crippen LogP contribution is 2.36. The van der Waals surface area contributed by atoms with E-state index in [0.29, 0.717) is 93.0 Å². The van der Waals surface area contributed by atoms with Crippen LogP contribution in [0.3, 0.4) is 0 Å². The van der Waals surface area contributed by atoms with E-state index < -0.39 is 11.8 Å². The normalized spacial score (nSPS) is 14.8. The number of hydrogen-bond acceptors (Lipinski definition) is 18. The second-order valence-electron chi connectivity index (χ2n) is 19.8. The van der Waals surface area contributed by atoms with Crippen LogP contribution >= 0.6 is 0 Å². The summed E-state index contributed by atoms with van der Waals surface area (Å²) < 4.78 is 71.9. The minimum Gasteiger partial charge on any atom is -0.424 e. The summed E-state index contributed by atoms with van der Waals surface area (Å²) in [6.07, 6.45) is 6.02. The third kappa shape index (κ3) is 15.1. The molecule has 0 atom stereocenters. The van der Waals surface area contributed by atoms with Crippen LogP contribution in [0.25, 0.3) is 22.3 Å². The molecule has 0 unspecified atom stereocenters. The van der Waals surface area contributed by atoms with Gasteiger partial charge in [-0.05, 0) is 60.6 Å². The molecule has 26 heteroatoms. The summed E-state index contributed by atoms with van der Waals surface area (Å²) in [6, 6.07) is 16.5. The number of imidazole rings is 2. The summed E-state index contributed by atoms with van der Waals surface area (Å²) in [6.45, 7) is 19.0. The van der Waals surface area contributed by atoms with Gasteiger partial charge in [0.15, 0.2) is 11.3 Å². The van der Waals surface area contributed by atoms with Crippen molar-refractivity contribution in [3.8, 4) is 23.5 Å². The molecule has 2 saturated heterocycles. The van der Waals surface area contributed by atoms with E-state index in [0.717, 1.165) is 79.3 Å². The molecular formula is C55H64F4N18O4. The zero-order valence-electron chi connectivity index (χ0n) is 46.0. The van der Waals surface area contributed by atoms with Crippen LogP contribution in [0.4, 0.5) is 52.5 Å². The number of benzene rings is 2. The maximum absolute atomic E-state index is 14.7. The highest BCUT2D eigenvalue weighted by atomic mass is 19.3. The number of alkyl halides is 4. The van der Waals surface area contributed by atoms with Gasteiger partial charge in [-0.25, -0.2) is 42.5 Å². The van der Waals surface area contributed by atoms with Crippen molar-refractivity contribution in [1.29, 1.82) is 0 Å². The number of nitrogens with one attached hydrogen (secondary N) is 5. The van der Waals surface area contributed by atoms with Crippen molar-refractivity contribution in [1.82, 2.24) is 69.0 Å². The Morgan fingerprint density at radius 1 is 0.605 bits per heavy atom. The maximum atomic E-state index is 14.7. The van der Waals surface area contributed by atoms with Crippen molar-refractivity contribution >= 4 is 69.0 Å². The fraction of sp³-hybridized carbons (Fsp3) is 0.382. The van der Waals surface area contributed by atoms with Crippen LogP contribution in [0.2, 0.25) is 0 Å². The van der Waals surface area contributed by atoms with E-state index in [9.17, 15) is 27.2 Å². The third-order valence-electron chi connectivity index (χ3n) is 13.6. The molecule has 8 aromatic rings. The monoisotopic (exact) mass is 1120 g/mol. The Labute approximate surface area is 464 Å². The first-order chi connectivity index (χ1) is 38.7. The van der Waals surface area contributed by atoms with E-state index in [1.807, 2.05) is 0 Å². The van der Waals surface area contributed by atoms with Gasteiger partial charge in [0.05, 0.1) is 12.4 Å². The molecule has 6 aromatic heterocycles. The van der Waals surface area contributed by atoms with Gasteiger partial charge in [-0.3, -0.25) is 24.0 Å². The first-order valence-corrected chi connectivity index (χ1v) is 26.5. The summed E-state index contributed by atoms with van der Waals surface area (Å²) in [5.74, 6) is -4.33. The van der Waals surface area contributed by atoms with Gasteiger partial charge >= 0.3 is 12.0 Å². The number of carbonyl (C=O) groups is 2. The SMILES string of the molecule is CCN1CCN(Cc2ccc(Nc3nc4cnc(Oc5ccnc(NC(C)=O)c5)nc4n3C)cc2C(C)(F)F)CC1.CCN1CCN(Cc2ccc(Nc3nc4nc(Oc5ccnc(NC(C)=O)c5)ncc4[nH]3)cc2C(C)(F)F)CC1. The number of hydrogen-bond donors (Lipinski definition) is 5. The molecule has 10 rings (SSSR count). The highest BCUT2D eigenvalue weighted by Gasteiger charge is 2.31. The van der Waals surface area contributed by atoms with Gasteiger partial charge in [-0.1, -0.05) is 26.0 Å². The van der Waals surface area contributed by atoms with Crippen LogP contribution in [0.5, 0.6) is 23.5 Å². The third-order valence-corrected chi connectivity index (χ3v) is 13.6. The molecule has 0 bridgehead atoms. The maximum Gasteiger partial charge on any atom is 0.324 e. The number of aryl methyl sites for hydroxylation is 1. The van der Waals surface area contributed by atoms with Crippen molar-refractivity contribution in [3.63, 3.8) is 0 Å². The van der Waals surface area contributed by atoms with Gasteiger partial charge < -0.3 is 45.5 Å². The van der Waals surface area contributed by atoms with Crippen molar-refractivity contribution in [2.75, 3.05) is 86.7 Å². The summed E-state index contributed by atoms with van der Waals surface area (Å²) in [7, 11) is 1.76. The molecule has 2 fully saturated rings. The first-order valence-electron chi connectivity index (χ1n) is 26.5. The standard InChI is InChI=1S/C28H33F2N9O2.C27H31F2N9O2/c1-5-38-10-12-39(13-11-38)17-19-6-7-20(14-22(19)28(3,29)30)34-26-35-23-16-32-27(36-25(23)37(26)4)41-21-8-9-31-24(15-21)33-18(2)40;1-4-37-9-11-38(12-10-37)16-18-5-6-19(13-21(18)27(3,28)29)33-25-34-22-15-31-26(36-24(22)35-25)40-20-7-8-30-23(14-20)32-17(2)39/h6-9,14-16H,5,10-13,17H2,1-4H3,(H,34,35)(H,31,33,40);5-8,13-15H,4,9-12,16H2,1-3H3,(H,30,32,39)(H2,31,33,34,35,36). The van der Waals surface area contributed by atoms with Gasteiger partial charge in [0.2, 0.25) is 23.7 Å². The number of rotatable bonds is 18. The smallest absolute Gasteiger partial charge is 0.324 e. The highest BCUT2D eigenvalue weighted by molar-refractivity contribution is 5.88. The lowest BCUT2D eigenvalue weighted by molar-refractivity contribution is -0.115. The number of H-pyrrole nitrogens is 1. The molecule has 0 radical (unpaired) electrons. The van der Waals surface area contributed by atoms with E-state index in [2.05, 4.69) is 99.6 Å². The van der Waals surface area contributed by atoms with Crippen LogP contribution in [0, 0.1) is 0 Å². The van der Waals surface area contributed by atoms with Crippen molar-refractivity contribution in [2.24, 2.45) is 7.05 Å². The van der Waals surface area contributed by atoms with Crippen LogP contribution in [-0.4, -0.2) is 146 Å². The lowest BCUT2D eigenvalue weighted by Crippen LogP contribution is -2.45. The molecular weight excluding hydrogens is 1050 g/mol. The minimum atomic E-state index is -3.00. The predicted molar refractivity (Wildman–Crippen MR) is 299 cm³/mol. The number of aromatic nitrogens is 10. The number of halogens is 4. The summed E-state index contributed by atoms with van der Waals surface area (Å²) >= 11 is 0. The van der Waals surface area contributed by atoms with E-state index in [1.165, 1.54) is 50.8 Å². The van der Waals surface area contributed by atoms with E-state index in [4.69, 9.17) is 9.47 Å². The number of nitrogens with zero attached hydrogens (tertiary/aromatic N) is 13. The molecule has 81 heavy (non-hydrogen) atoms. The molecule has 0 spiro atoms. The Hall–Kier alpha value is -8.46. The average molecular weight is 1120 g/mol. The number of likely N-dealkylation sites (N-methyl/N-ethyl adjacent to an activating group) is 2. The van der Waals surface area contributed by atoms with E-state index >= 15 is 0 Å². The summed E-state index contributed by atoms with van der Waals surface area (Å²) in [5, 5.41) is 11.4. The van der Waals surface area contributed by atoms with Gasteiger partial charge in [0.1, 0.15) is 34.2 Å². The Morgan fingerprint density at radius 2 is 1.09 bits per heavy atom. The predicted octanol–water partition coefficient (Wildman–Crippen LogP) is 8.99. The van der Waals surface area contributed by atoms with E-state index in [-0.39, 0.29) is 35.0 Å². The molecule has 0 saturated carbocycles. The fourth-order valence-electron chi connectivity index (χ4n) is 9.36. The molecule has 22 nitrogen and oxygen atoms in total. The Balaban J connectivity index is 0.000000196. The van der Waals surface area contributed by atoms with Gasteiger partial charge in [-0.2, -0.15) is 15.0 Å². The van der Waals surface area contributed by atoms with Crippen LogP contribution in [-0.2, 0) is 41.6 Å². The fourth-order valence-corrected chi connectivity index (χ4v) is 9.36. The molecule has 2 aliphatic rings. The van der Waals surface area contributed by atoms with Crippen molar-refractivity contribution < 1.29 is 36.6 Å². The van der Waals surface area contributed by atoms with Crippen molar-refractivity contribution in [2.45, 2.75) is 66.5 Å². The van der Waals surface area contributed by atoms with Crippen LogP contribution < -0.4 is 30.7 Å². The number of ether oxygens (including phenoxy) is 2. The Morgan fingerprint density at radius 3 is 1.58 bits per heavy atom.